The molecule has 184 valence electrons. The van der Waals surface area contributed by atoms with Crippen LogP contribution in [0, 0.1) is 12.8 Å². The van der Waals surface area contributed by atoms with E-state index in [-0.39, 0.29) is 0 Å². The first-order valence-electron chi connectivity index (χ1n) is 12.4. The number of ketones is 1. The van der Waals surface area contributed by atoms with E-state index < -0.39 is 11.7 Å². The number of rotatable bonds is 7. The minimum absolute atomic E-state index is 0.399. The van der Waals surface area contributed by atoms with Crippen LogP contribution in [0.1, 0.15) is 37.0 Å². The number of aromatic nitrogens is 1. The summed E-state index contributed by atoms with van der Waals surface area (Å²) >= 11 is 0. The lowest BCUT2D eigenvalue weighted by Crippen LogP contribution is -2.50. The number of piperazine rings is 1. The predicted octanol–water partition coefficient (Wildman–Crippen LogP) is 4.99. The van der Waals surface area contributed by atoms with Gasteiger partial charge in [-0.25, -0.2) is 0 Å². The quantitative estimate of drug-likeness (QED) is 0.389. The van der Waals surface area contributed by atoms with Crippen LogP contribution in [0.3, 0.4) is 0 Å². The number of Topliss-reactive ketones (excluding diaryl/α,β-unsaturated/α-hetero) is 1. The standard InChI is InChI=1S/C29H36N4O2/c1-20(2)22(4)32-15-17-33(18-16-32)25-13-11-24(12-14-25)30-29(35)28(34)27-26(19-21(3)31(27)5)23-9-7-6-8-10-23/h6-14,19-20,22H,15-18H2,1-5H3,(H,30,35). The van der Waals surface area contributed by atoms with Gasteiger partial charge in [-0.2, -0.15) is 0 Å². The molecule has 1 atom stereocenters. The van der Waals surface area contributed by atoms with Crippen LogP contribution in [0.5, 0.6) is 0 Å². The fourth-order valence-corrected chi connectivity index (χ4v) is 4.70. The number of nitrogens with one attached hydrogen (secondary N) is 1. The average molecular weight is 473 g/mol. The van der Waals surface area contributed by atoms with E-state index in [1.165, 1.54) is 0 Å². The number of anilines is 2. The highest BCUT2D eigenvalue weighted by Crippen LogP contribution is 2.28. The highest BCUT2D eigenvalue weighted by Gasteiger charge is 2.26. The molecule has 3 aromatic rings. The van der Waals surface area contributed by atoms with Crippen molar-refractivity contribution in [2.45, 2.75) is 33.7 Å². The van der Waals surface area contributed by atoms with Crippen LogP contribution in [0.4, 0.5) is 11.4 Å². The van der Waals surface area contributed by atoms with Crippen LogP contribution in [-0.4, -0.2) is 53.4 Å². The highest BCUT2D eigenvalue weighted by molar-refractivity contribution is 6.47. The van der Waals surface area contributed by atoms with Crippen molar-refractivity contribution in [3.63, 3.8) is 0 Å². The van der Waals surface area contributed by atoms with Crippen molar-refractivity contribution >= 4 is 23.1 Å². The van der Waals surface area contributed by atoms with Crippen molar-refractivity contribution in [1.29, 1.82) is 0 Å². The number of hydrogen-bond acceptors (Lipinski definition) is 4. The van der Waals surface area contributed by atoms with Crippen LogP contribution in [0.15, 0.2) is 60.7 Å². The summed E-state index contributed by atoms with van der Waals surface area (Å²) < 4.78 is 1.78. The number of carbonyl (C=O) groups is 2. The second-order valence-electron chi connectivity index (χ2n) is 9.81. The van der Waals surface area contributed by atoms with Gasteiger partial charge in [0.1, 0.15) is 5.69 Å². The van der Waals surface area contributed by atoms with E-state index in [1.54, 1.807) is 4.57 Å². The van der Waals surface area contributed by atoms with E-state index in [4.69, 9.17) is 0 Å². The molecule has 1 aliphatic heterocycles. The van der Waals surface area contributed by atoms with Crippen molar-refractivity contribution in [3.05, 3.63) is 72.1 Å². The molecule has 0 aliphatic carbocycles. The van der Waals surface area contributed by atoms with E-state index in [2.05, 4.69) is 35.9 Å². The molecule has 1 unspecified atom stereocenters. The maximum atomic E-state index is 13.2. The van der Waals surface area contributed by atoms with Gasteiger partial charge in [-0.05, 0) is 55.7 Å². The van der Waals surface area contributed by atoms with Gasteiger partial charge in [-0.15, -0.1) is 0 Å². The first-order chi connectivity index (χ1) is 16.8. The molecule has 35 heavy (non-hydrogen) atoms. The summed E-state index contributed by atoms with van der Waals surface area (Å²) in [4.78, 5) is 31.0. The summed E-state index contributed by atoms with van der Waals surface area (Å²) in [6.07, 6.45) is 0. The van der Waals surface area contributed by atoms with E-state index >= 15 is 0 Å². The number of hydrogen-bond donors (Lipinski definition) is 1. The van der Waals surface area contributed by atoms with Gasteiger partial charge in [0.05, 0.1) is 0 Å². The van der Waals surface area contributed by atoms with Crippen molar-refractivity contribution in [1.82, 2.24) is 9.47 Å². The lowest BCUT2D eigenvalue weighted by atomic mass is 10.0. The van der Waals surface area contributed by atoms with Crippen LogP contribution in [-0.2, 0) is 11.8 Å². The van der Waals surface area contributed by atoms with Gasteiger partial charge in [-0.3, -0.25) is 14.5 Å². The van der Waals surface area contributed by atoms with Gasteiger partial charge in [0.2, 0.25) is 0 Å². The number of benzene rings is 2. The van der Waals surface area contributed by atoms with Crippen LogP contribution in [0.25, 0.3) is 11.1 Å². The lowest BCUT2D eigenvalue weighted by molar-refractivity contribution is -0.112. The molecule has 0 radical (unpaired) electrons. The van der Waals surface area contributed by atoms with Crippen molar-refractivity contribution in [2.75, 3.05) is 36.4 Å². The SMILES string of the molecule is Cc1cc(-c2ccccc2)c(C(=O)C(=O)Nc2ccc(N3CCN(C(C)C(C)C)CC3)cc2)n1C. The number of nitrogens with zero attached hydrogens (tertiary/aromatic N) is 3. The molecule has 1 fully saturated rings. The molecular weight excluding hydrogens is 436 g/mol. The molecule has 1 amide bonds. The molecule has 0 spiro atoms. The molecule has 4 rings (SSSR count). The molecule has 1 aliphatic rings. The Balaban J connectivity index is 1.42. The Morgan fingerprint density at radius 1 is 0.886 bits per heavy atom. The molecule has 1 saturated heterocycles. The summed E-state index contributed by atoms with van der Waals surface area (Å²) in [5, 5.41) is 2.79. The van der Waals surface area contributed by atoms with Crippen molar-refractivity contribution < 1.29 is 9.59 Å². The second-order valence-corrected chi connectivity index (χ2v) is 9.81. The molecule has 0 saturated carbocycles. The third-order valence-corrected chi connectivity index (χ3v) is 7.32. The Kier molecular flexibility index (Phi) is 7.41. The first-order valence-corrected chi connectivity index (χ1v) is 12.4. The molecule has 2 heterocycles. The smallest absolute Gasteiger partial charge is 0.298 e. The van der Waals surface area contributed by atoms with Crippen LogP contribution >= 0.6 is 0 Å². The molecule has 1 N–H and O–H groups in total. The van der Waals surface area contributed by atoms with Gasteiger partial charge in [0, 0.05) is 61.9 Å². The summed E-state index contributed by atoms with van der Waals surface area (Å²) in [5.41, 5.74) is 4.76. The second kappa shape index (κ2) is 10.5. The van der Waals surface area contributed by atoms with Crippen molar-refractivity contribution in [3.8, 4) is 11.1 Å². The monoisotopic (exact) mass is 472 g/mol. The van der Waals surface area contributed by atoms with E-state index in [0.717, 1.165) is 48.7 Å². The molecule has 2 aromatic carbocycles. The molecule has 6 nitrogen and oxygen atoms in total. The largest absolute Gasteiger partial charge is 0.369 e. The number of aryl methyl sites for hydroxylation is 1. The van der Waals surface area contributed by atoms with Crippen LogP contribution in [0.2, 0.25) is 0 Å². The Hall–Kier alpha value is -3.38. The summed E-state index contributed by atoms with van der Waals surface area (Å²) in [6, 6.07) is 20.0. The van der Waals surface area contributed by atoms with Gasteiger partial charge < -0.3 is 14.8 Å². The molecular formula is C29H36N4O2. The fraction of sp³-hybridized carbons (Fsp3) is 0.379. The molecule has 6 heteroatoms. The minimum Gasteiger partial charge on any atom is -0.369 e. The van der Waals surface area contributed by atoms with Gasteiger partial charge in [0.25, 0.3) is 11.7 Å². The van der Waals surface area contributed by atoms with Crippen LogP contribution < -0.4 is 10.2 Å². The zero-order valence-corrected chi connectivity index (χ0v) is 21.4. The third kappa shape index (κ3) is 5.33. The van der Waals surface area contributed by atoms with Gasteiger partial charge in [-0.1, -0.05) is 44.2 Å². The third-order valence-electron chi connectivity index (χ3n) is 7.32. The summed E-state index contributed by atoms with van der Waals surface area (Å²) in [5.74, 6) is -0.526. The minimum atomic E-state index is -0.632. The Labute approximate surface area is 208 Å². The summed E-state index contributed by atoms with van der Waals surface area (Å²) in [7, 11) is 1.82. The van der Waals surface area contributed by atoms with Gasteiger partial charge in [0.15, 0.2) is 0 Å². The predicted molar refractivity (Wildman–Crippen MR) is 143 cm³/mol. The summed E-state index contributed by atoms with van der Waals surface area (Å²) in [6.45, 7) is 12.8. The zero-order chi connectivity index (χ0) is 25.1. The maximum absolute atomic E-state index is 13.2. The van der Waals surface area contributed by atoms with Crippen molar-refractivity contribution in [2.24, 2.45) is 13.0 Å². The number of amides is 1. The topological polar surface area (TPSA) is 57.6 Å². The fourth-order valence-electron chi connectivity index (χ4n) is 4.70. The maximum Gasteiger partial charge on any atom is 0.298 e. The van der Waals surface area contributed by atoms with E-state index in [0.29, 0.717) is 23.3 Å². The van der Waals surface area contributed by atoms with Gasteiger partial charge >= 0.3 is 0 Å². The Morgan fingerprint density at radius 2 is 1.51 bits per heavy atom. The lowest BCUT2D eigenvalue weighted by Gasteiger charge is -2.40. The number of carbonyl (C=O) groups excluding carboxylic acids is 2. The molecule has 1 aromatic heterocycles. The normalized spacial score (nSPS) is 15.3. The Morgan fingerprint density at radius 3 is 2.11 bits per heavy atom. The van der Waals surface area contributed by atoms with E-state index in [9.17, 15) is 9.59 Å². The highest BCUT2D eigenvalue weighted by atomic mass is 16.2. The average Bonchev–Trinajstić information content (AvgIpc) is 3.18. The Bertz CT molecular complexity index is 1170. The zero-order valence-electron chi connectivity index (χ0n) is 21.4. The first kappa shape index (κ1) is 24.7. The van der Waals surface area contributed by atoms with E-state index in [1.807, 2.05) is 74.6 Å². The molecule has 0 bridgehead atoms.